The second-order valence-corrected chi connectivity index (χ2v) is 7.10. The molecule has 218 valence electrons. The van der Waals surface area contributed by atoms with Crippen molar-refractivity contribution in [2.45, 2.75) is 48.4 Å². The number of rotatable bonds is 12. The van der Waals surface area contributed by atoms with Crippen LogP contribution in [0.2, 0.25) is 0 Å². The van der Waals surface area contributed by atoms with Gasteiger partial charge in [0.05, 0.1) is 11.1 Å². The summed E-state index contributed by atoms with van der Waals surface area (Å²) in [6, 6.07) is 2.27. The summed E-state index contributed by atoms with van der Waals surface area (Å²) >= 11 is 0. The zero-order valence-electron chi connectivity index (χ0n) is 17.6. The normalized spacial score (nSPS) is 14.2. The molecule has 1 aromatic rings. The van der Waals surface area contributed by atoms with Crippen LogP contribution in [0, 0.1) is 0 Å². The molecule has 0 saturated carbocycles. The van der Waals surface area contributed by atoms with Crippen molar-refractivity contribution in [2.24, 2.45) is 0 Å². The molecule has 0 spiro atoms. The largest absolute Gasteiger partial charge is 0.455 e. The Labute approximate surface area is 199 Å². The average molecular weight is 594 g/mol. The molecule has 0 bridgehead atoms. The number of hydrogen-bond donors (Lipinski definition) is 0. The molecule has 0 amide bonds. The van der Waals surface area contributed by atoms with Gasteiger partial charge in [0.1, 0.15) is 0 Å². The Kier molecular flexibility index (Phi) is 9.28. The highest BCUT2D eigenvalue weighted by Gasteiger charge is 2.76. The Hall–Kier alpha value is -2.96. The number of alkyl halides is 16. The first-order valence-electron chi connectivity index (χ1n) is 9.15. The highest BCUT2D eigenvalue weighted by atomic mass is 19.4. The van der Waals surface area contributed by atoms with Crippen molar-refractivity contribution in [2.75, 3.05) is 13.2 Å². The highest BCUT2D eigenvalue weighted by molar-refractivity contribution is 6.03. The lowest BCUT2D eigenvalue weighted by molar-refractivity contribution is -0.343. The molecule has 0 radical (unpaired) electrons. The van der Waals surface area contributed by atoms with Crippen molar-refractivity contribution in [3.8, 4) is 0 Å². The zero-order valence-corrected chi connectivity index (χ0v) is 17.6. The second-order valence-electron chi connectivity index (χ2n) is 7.10. The number of carbonyl (C=O) groups excluding carboxylic acids is 2. The fourth-order valence-electron chi connectivity index (χ4n) is 2.25. The van der Waals surface area contributed by atoms with Crippen molar-refractivity contribution in [3.63, 3.8) is 0 Å². The van der Waals surface area contributed by atoms with E-state index in [9.17, 15) is 79.8 Å². The fourth-order valence-corrected chi connectivity index (χ4v) is 2.25. The van der Waals surface area contributed by atoms with Gasteiger partial charge in [0.2, 0.25) is 0 Å². The van der Waals surface area contributed by atoms with Crippen LogP contribution in [0.5, 0.6) is 0 Å². The van der Waals surface area contributed by atoms with Crippen molar-refractivity contribution in [3.05, 3.63) is 35.4 Å². The van der Waals surface area contributed by atoms with Crippen LogP contribution in [0.1, 0.15) is 20.7 Å². The predicted octanol–water partition coefficient (Wildman–Crippen LogP) is 6.34. The molecule has 0 N–H and O–H groups in total. The number of halogens is 16. The summed E-state index contributed by atoms with van der Waals surface area (Å²) in [5, 5.41) is 0. The Bertz CT molecular complexity index is 929. The van der Waals surface area contributed by atoms with Crippen LogP contribution in [-0.2, 0) is 9.47 Å². The molecule has 0 aromatic heterocycles. The third-order valence-electron chi connectivity index (χ3n) is 4.44. The van der Waals surface area contributed by atoms with E-state index >= 15 is 0 Å². The number of carbonyl (C=O) groups is 2. The molecule has 1 aromatic carbocycles. The van der Waals surface area contributed by atoms with Crippen molar-refractivity contribution in [1.82, 2.24) is 0 Å². The lowest BCUT2D eigenvalue weighted by Gasteiger charge is -2.32. The number of benzene rings is 1. The summed E-state index contributed by atoms with van der Waals surface area (Å²) in [6.07, 6.45) is -10.6. The maximum Gasteiger partial charge on any atom is 0.381 e. The van der Waals surface area contributed by atoms with Gasteiger partial charge >= 0.3 is 60.3 Å². The van der Waals surface area contributed by atoms with E-state index in [1.807, 2.05) is 0 Å². The van der Waals surface area contributed by atoms with Gasteiger partial charge in [-0.2, -0.15) is 52.7 Å². The van der Waals surface area contributed by atoms with Gasteiger partial charge in [-0.25, -0.2) is 27.2 Å². The summed E-state index contributed by atoms with van der Waals surface area (Å²) < 4.78 is 214. The van der Waals surface area contributed by atoms with Crippen LogP contribution in [0.3, 0.4) is 0 Å². The molecule has 0 fully saturated rings. The lowest BCUT2D eigenvalue weighted by atomic mass is 10.0. The van der Waals surface area contributed by atoms with Crippen LogP contribution in [-0.4, -0.2) is 73.5 Å². The first-order chi connectivity index (χ1) is 16.9. The van der Waals surface area contributed by atoms with Gasteiger partial charge in [-0.1, -0.05) is 12.1 Å². The van der Waals surface area contributed by atoms with Crippen molar-refractivity contribution in [1.29, 1.82) is 0 Å². The minimum Gasteiger partial charge on any atom is -0.455 e. The maximum atomic E-state index is 13.5. The van der Waals surface area contributed by atoms with Gasteiger partial charge in [-0.05, 0) is 12.1 Å². The smallest absolute Gasteiger partial charge is 0.381 e. The van der Waals surface area contributed by atoms with Crippen molar-refractivity contribution < 1.29 is 89.3 Å². The van der Waals surface area contributed by atoms with E-state index in [1.54, 1.807) is 0 Å². The molecular weight excluding hydrogens is 584 g/mol. The molecule has 0 aliphatic rings. The second kappa shape index (κ2) is 10.7. The third kappa shape index (κ3) is 5.87. The molecule has 0 unspecified atom stereocenters. The Morgan fingerprint density at radius 1 is 0.579 bits per heavy atom. The minimum absolute atomic E-state index is 0.390. The van der Waals surface area contributed by atoms with Gasteiger partial charge in [-0.3, -0.25) is 0 Å². The zero-order chi connectivity index (χ0) is 30.1. The van der Waals surface area contributed by atoms with E-state index in [2.05, 4.69) is 9.47 Å². The summed E-state index contributed by atoms with van der Waals surface area (Å²) in [4.78, 5) is 23.8. The molecule has 0 aliphatic heterocycles. The van der Waals surface area contributed by atoms with Gasteiger partial charge in [0.25, 0.3) is 0 Å². The number of hydrogen-bond acceptors (Lipinski definition) is 4. The summed E-state index contributed by atoms with van der Waals surface area (Å²) in [6.45, 7) is -6.03. The third-order valence-corrected chi connectivity index (χ3v) is 4.44. The van der Waals surface area contributed by atoms with Gasteiger partial charge < -0.3 is 9.47 Å². The topological polar surface area (TPSA) is 52.6 Å². The molecule has 0 aliphatic carbocycles. The van der Waals surface area contributed by atoms with Gasteiger partial charge in [0, 0.05) is 0 Å². The molecule has 0 atom stereocenters. The molecule has 1 rings (SSSR count). The van der Waals surface area contributed by atoms with Crippen LogP contribution < -0.4 is 0 Å². The molecule has 0 saturated heterocycles. The Morgan fingerprint density at radius 3 is 1.08 bits per heavy atom. The first-order valence-corrected chi connectivity index (χ1v) is 9.15. The quantitative estimate of drug-likeness (QED) is 0.210. The van der Waals surface area contributed by atoms with Crippen LogP contribution in [0.25, 0.3) is 0 Å². The predicted molar refractivity (Wildman–Crippen MR) is 88.7 cm³/mol. The van der Waals surface area contributed by atoms with E-state index in [0.29, 0.717) is 12.1 Å². The molecular formula is C18H10F16O4. The van der Waals surface area contributed by atoms with Gasteiger partial charge in [-0.15, -0.1) is 0 Å². The van der Waals surface area contributed by atoms with Crippen LogP contribution in [0.15, 0.2) is 24.3 Å². The molecule has 38 heavy (non-hydrogen) atoms. The number of esters is 2. The highest BCUT2D eigenvalue weighted by Crippen LogP contribution is 2.49. The maximum absolute atomic E-state index is 13.5. The number of ether oxygens (including phenoxy) is 2. The molecule has 20 heteroatoms. The summed E-state index contributed by atoms with van der Waals surface area (Å²) in [5.74, 6) is -43.8. The lowest BCUT2D eigenvalue weighted by Crippen LogP contribution is -2.59. The van der Waals surface area contributed by atoms with E-state index in [0.717, 1.165) is 12.1 Å². The molecule has 0 heterocycles. The monoisotopic (exact) mass is 594 g/mol. The van der Waals surface area contributed by atoms with E-state index in [4.69, 9.17) is 0 Å². The summed E-state index contributed by atoms with van der Waals surface area (Å²) in [7, 11) is 0. The Balaban J connectivity index is 3.10. The van der Waals surface area contributed by atoms with Crippen LogP contribution in [0.4, 0.5) is 70.2 Å². The summed E-state index contributed by atoms with van der Waals surface area (Å²) in [5.41, 5.74) is -2.74. The van der Waals surface area contributed by atoms with Crippen molar-refractivity contribution >= 4 is 11.9 Å². The standard InChI is InChI=1S/C18H10F16O4/c19-11(20)15(27,28)17(31,32)13(23,24)5-37-9(35)7-3-1-2-4-8(7)10(36)38-6-14(25,26)18(33,34)16(29,30)12(21)22/h1-4,11-12H,5-6H2. The van der Waals surface area contributed by atoms with Gasteiger partial charge in [0.15, 0.2) is 13.2 Å². The van der Waals surface area contributed by atoms with E-state index in [-0.39, 0.29) is 0 Å². The Morgan fingerprint density at radius 2 is 0.842 bits per heavy atom. The molecule has 4 nitrogen and oxygen atoms in total. The van der Waals surface area contributed by atoms with E-state index in [1.165, 1.54) is 0 Å². The van der Waals surface area contributed by atoms with Crippen LogP contribution >= 0.6 is 0 Å². The minimum atomic E-state index is -6.80. The fraction of sp³-hybridized carbons (Fsp3) is 0.556. The van der Waals surface area contributed by atoms with E-state index < -0.39 is 84.7 Å². The average Bonchev–Trinajstić information content (AvgIpc) is 2.80. The first kappa shape index (κ1) is 33.1. The SMILES string of the molecule is O=C(OCC(F)(F)C(F)(F)C(F)(F)C(F)F)c1ccccc1C(=O)OCC(F)(F)C(F)(F)C(F)(F)C(F)F.